The largest absolute Gasteiger partial charge is 0.480 e. The Bertz CT molecular complexity index is 590. The van der Waals surface area contributed by atoms with Gasteiger partial charge in [-0.05, 0) is 41.4 Å². The van der Waals surface area contributed by atoms with Crippen LogP contribution in [0.25, 0.3) is 0 Å². The normalized spacial score (nSPS) is 19.4. The van der Waals surface area contributed by atoms with E-state index >= 15 is 0 Å². The predicted molar refractivity (Wildman–Crippen MR) is 79.8 cm³/mol. The quantitative estimate of drug-likeness (QED) is 0.800. The summed E-state index contributed by atoms with van der Waals surface area (Å²) in [5.74, 6) is -2.81. The Morgan fingerprint density at radius 2 is 2.10 bits per heavy atom. The van der Waals surface area contributed by atoms with Gasteiger partial charge in [0.15, 0.2) is 0 Å². The Morgan fingerprint density at radius 1 is 1.43 bits per heavy atom. The van der Waals surface area contributed by atoms with Crippen LogP contribution in [0.15, 0.2) is 28.7 Å². The van der Waals surface area contributed by atoms with Crippen molar-refractivity contribution in [3.8, 4) is 0 Å². The molecule has 1 aromatic rings. The molecule has 0 aliphatic carbocycles. The first-order chi connectivity index (χ1) is 9.91. The first-order valence-electron chi connectivity index (χ1n) is 6.51. The van der Waals surface area contributed by atoms with Crippen LogP contribution in [-0.2, 0) is 14.4 Å². The Labute approximate surface area is 130 Å². The van der Waals surface area contributed by atoms with Gasteiger partial charge in [0, 0.05) is 11.0 Å². The molecular weight excluding hydrogens is 340 g/mol. The number of amides is 2. The van der Waals surface area contributed by atoms with Gasteiger partial charge in [-0.25, -0.2) is 0 Å². The lowest BCUT2D eigenvalue weighted by atomic mass is 10.1. The molecule has 0 saturated carbocycles. The van der Waals surface area contributed by atoms with E-state index in [1.54, 1.807) is 11.0 Å². The monoisotopic (exact) mass is 354 g/mol. The average Bonchev–Trinajstić information content (AvgIpc) is 2.81. The Balaban J connectivity index is 2.10. The molecule has 2 amide bonds. The molecule has 1 heterocycles. The SMILES string of the molecule is C[C@H](NC(=O)C1CCN(c2ccccc2Br)C1=O)C(=O)O. The fourth-order valence-electron chi connectivity index (χ4n) is 2.21. The van der Waals surface area contributed by atoms with E-state index in [0.717, 1.165) is 4.47 Å². The van der Waals surface area contributed by atoms with Crippen LogP contribution in [0.4, 0.5) is 5.69 Å². The third kappa shape index (κ3) is 3.24. The van der Waals surface area contributed by atoms with Crippen LogP contribution in [0.5, 0.6) is 0 Å². The molecule has 0 bridgehead atoms. The highest BCUT2D eigenvalue weighted by Gasteiger charge is 2.38. The Morgan fingerprint density at radius 3 is 2.71 bits per heavy atom. The summed E-state index contributed by atoms with van der Waals surface area (Å²) in [6.45, 7) is 1.80. The van der Waals surface area contributed by atoms with E-state index < -0.39 is 23.8 Å². The van der Waals surface area contributed by atoms with Crippen molar-refractivity contribution in [2.75, 3.05) is 11.4 Å². The number of carboxylic acids is 1. The molecule has 1 aliphatic heterocycles. The van der Waals surface area contributed by atoms with Crippen LogP contribution in [-0.4, -0.2) is 35.5 Å². The van der Waals surface area contributed by atoms with Crippen molar-refractivity contribution < 1.29 is 19.5 Å². The van der Waals surface area contributed by atoms with Gasteiger partial charge in [-0.15, -0.1) is 0 Å². The molecule has 1 aliphatic rings. The Kier molecular flexibility index (Phi) is 4.62. The zero-order valence-electron chi connectivity index (χ0n) is 11.4. The summed E-state index contributed by atoms with van der Waals surface area (Å²) in [4.78, 5) is 36.6. The fourth-order valence-corrected chi connectivity index (χ4v) is 2.71. The van der Waals surface area contributed by atoms with E-state index in [1.807, 2.05) is 18.2 Å². The van der Waals surface area contributed by atoms with E-state index in [0.29, 0.717) is 18.7 Å². The molecule has 1 unspecified atom stereocenters. The van der Waals surface area contributed by atoms with E-state index in [-0.39, 0.29) is 5.91 Å². The summed E-state index contributed by atoms with van der Waals surface area (Å²) in [6, 6.07) is 6.26. The zero-order valence-corrected chi connectivity index (χ0v) is 13.0. The molecular formula is C14H15BrN2O4. The van der Waals surface area contributed by atoms with Gasteiger partial charge in [0.1, 0.15) is 12.0 Å². The van der Waals surface area contributed by atoms with Gasteiger partial charge in [0.25, 0.3) is 0 Å². The number of halogens is 1. The third-order valence-corrected chi connectivity index (χ3v) is 4.07. The molecule has 2 rings (SSSR count). The van der Waals surface area contributed by atoms with Crippen molar-refractivity contribution in [1.29, 1.82) is 0 Å². The second kappa shape index (κ2) is 6.26. The van der Waals surface area contributed by atoms with Crippen LogP contribution in [0.3, 0.4) is 0 Å². The summed E-state index contributed by atoms with van der Waals surface area (Å²) < 4.78 is 0.776. The van der Waals surface area contributed by atoms with Crippen LogP contribution >= 0.6 is 15.9 Å². The Hall–Kier alpha value is -1.89. The zero-order chi connectivity index (χ0) is 15.6. The van der Waals surface area contributed by atoms with Crippen LogP contribution in [0, 0.1) is 5.92 Å². The van der Waals surface area contributed by atoms with Crippen molar-refractivity contribution in [3.63, 3.8) is 0 Å². The number of hydrogen-bond acceptors (Lipinski definition) is 3. The number of nitrogens with zero attached hydrogens (tertiary/aromatic N) is 1. The van der Waals surface area contributed by atoms with Gasteiger partial charge in [-0.1, -0.05) is 12.1 Å². The number of anilines is 1. The van der Waals surface area contributed by atoms with Gasteiger partial charge >= 0.3 is 5.97 Å². The van der Waals surface area contributed by atoms with E-state index in [9.17, 15) is 14.4 Å². The van der Waals surface area contributed by atoms with Crippen molar-refractivity contribution >= 4 is 39.4 Å². The van der Waals surface area contributed by atoms with E-state index in [2.05, 4.69) is 21.2 Å². The lowest BCUT2D eigenvalue weighted by molar-refractivity contribution is -0.143. The van der Waals surface area contributed by atoms with Crippen LogP contribution < -0.4 is 10.2 Å². The number of carbonyl (C=O) groups excluding carboxylic acids is 2. The molecule has 2 N–H and O–H groups in total. The highest BCUT2D eigenvalue weighted by Crippen LogP contribution is 2.31. The number of benzene rings is 1. The molecule has 112 valence electrons. The van der Waals surface area contributed by atoms with Gasteiger partial charge in [-0.2, -0.15) is 0 Å². The predicted octanol–water partition coefficient (Wildman–Crippen LogP) is 1.39. The molecule has 1 fully saturated rings. The van der Waals surface area contributed by atoms with Crippen molar-refractivity contribution in [1.82, 2.24) is 5.32 Å². The minimum absolute atomic E-state index is 0.308. The van der Waals surface area contributed by atoms with Crippen molar-refractivity contribution in [2.24, 2.45) is 5.92 Å². The summed E-state index contributed by atoms with van der Waals surface area (Å²) in [5.41, 5.74) is 0.712. The highest BCUT2D eigenvalue weighted by atomic mass is 79.9. The minimum Gasteiger partial charge on any atom is -0.480 e. The first-order valence-corrected chi connectivity index (χ1v) is 7.30. The maximum absolute atomic E-state index is 12.3. The number of nitrogens with one attached hydrogen (secondary N) is 1. The molecule has 21 heavy (non-hydrogen) atoms. The first kappa shape index (κ1) is 15.5. The topological polar surface area (TPSA) is 86.7 Å². The average molecular weight is 355 g/mol. The van der Waals surface area contributed by atoms with Gasteiger partial charge in [0.2, 0.25) is 11.8 Å². The number of aliphatic carboxylic acids is 1. The lowest BCUT2D eigenvalue weighted by Crippen LogP contribution is -2.44. The number of hydrogen-bond donors (Lipinski definition) is 2. The number of rotatable bonds is 4. The summed E-state index contributed by atoms with van der Waals surface area (Å²) in [5, 5.41) is 11.1. The second-order valence-electron chi connectivity index (χ2n) is 4.85. The molecule has 1 aromatic carbocycles. The smallest absolute Gasteiger partial charge is 0.325 e. The lowest BCUT2D eigenvalue weighted by Gasteiger charge is -2.18. The van der Waals surface area contributed by atoms with Crippen LogP contribution in [0.2, 0.25) is 0 Å². The highest BCUT2D eigenvalue weighted by molar-refractivity contribution is 9.10. The molecule has 0 aromatic heterocycles. The van der Waals surface area contributed by atoms with Crippen molar-refractivity contribution in [2.45, 2.75) is 19.4 Å². The van der Waals surface area contributed by atoms with Gasteiger partial charge in [-0.3, -0.25) is 14.4 Å². The molecule has 6 nitrogen and oxygen atoms in total. The standard InChI is InChI=1S/C14H15BrN2O4/c1-8(14(20)21)16-12(18)9-6-7-17(13(9)19)11-5-3-2-4-10(11)15/h2-5,8-9H,6-7H2,1H3,(H,16,18)(H,20,21)/t8-,9?/m0/s1. The third-order valence-electron chi connectivity index (χ3n) is 3.39. The fraction of sp³-hybridized carbons (Fsp3) is 0.357. The summed E-state index contributed by atoms with van der Waals surface area (Å²) in [6.07, 6.45) is 0.373. The molecule has 2 atom stereocenters. The second-order valence-corrected chi connectivity index (χ2v) is 5.71. The number of para-hydroxylation sites is 1. The molecule has 0 spiro atoms. The van der Waals surface area contributed by atoms with E-state index in [1.165, 1.54) is 6.92 Å². The van der Waals surface area contributed by atoms with E-state index in [4.69, 9.17) is 5.11 Å². The summed E-state index contributed by atoms with van der Waals surface area (Å²) >= 11 is 3.38. The molecule has 0 radical (unpaired) electrons. The number of carboxylic acid groups (broad SMARTS) is 1. The van der Waals surface area contributed by atoms with Crippen molar-refractivity contribution in [3.05, 3.63) is 28.7 Å². The summed E-state index contributed by atoms with van der Waals surface area (Å²) in [7, 11) is 0. The maximum atomic E-state index is 12.3. The van der Waals surface area contributed by atoms with Crippen LogP contribution in [0.1, 0.15) is 13.3 Å². The van der Waals surface area contributed by atoms with Gasteiger partial charge in [0.05, 0.1) is 5.69 Å². The molecule has 1 saturated heterocycles. The maximum Gasteiger partial charge on any atom is 0.325 e. The number of carbonyl (C=O) groups is 3. The van der Waals surface area contributed by atoms with Gasteiger partial charge < -0.3 is 15.3 Å². The minimum atomic E-state index is -1.13. The molecule has 7 heteroatoms.